The van der Waals surface area contributed by atoms with Crippen molar-refractivity contribution >= 4 is 26.0 Å². The van der Waals surface area contributed by atoms with Crippen LogP contribution in [0.5, 0.6) is 5.75 Å². The highest BCUT2D eigenvalue weighted by atomic mass is 32.2. The Morgan fingerprint density at radius 3 is 2.36 bits per heavy atom. The lowest BCUT2D eigenvalue weighted by Crippen LogP contribution is -2.47. The summed E-state index contributed by atoms with van der Waals surface area (Å²) in [5.74, 6) is -0.378. The molecule has 1 amide bonds. The van der Waals surface area contributed by atoms with Gasteiger partial charge in [-0.3, -0.25) is 4.79 Å². The predicted molar refractivity (Wildman–Crippen MR) is 102 cm³/mol. The second-order valence-corrected chi connectivity index (χ2v) is 9.94. The summed E-state index contributed by atoms with van der Waals surface area (Å²) in [6.45, 7) is 2.52. The van der Waals surface area contributed by atoms with Gasteiger partial charge in [-0.1, -0.05) is 0 Å². The van der Waals surface area contributed by atoms with E-state index in [1.54, 1.807) is 0 Å². The van der Waals surface area contributed by atoms with Crippen LogP contribution in [0.1, 0.15) is 6.92 Å². The highest BCUT2D eigenvalue weighted by molar-refractivity contribution is 7.89. The van der Waals surface area contributed by atoms with Crippen molar-refractivity contribution < 1.29 is 31.1 Å². The van der Waals surface area contributed by atoms with Gasteiger partial charge in [-0.05, 0) is 31.2 Å². The van der Waals surface area contributed by atoms with Crippen LogP contribution in [-0.2, 0) is 29.6 Å². The number of rotatable bonds is 9. The summed E-state index contributed by atoms with van der Waals surface area (Å²) in [6.07, 6.45) is 0. The van der Waals surface area contributed by atoms with Crippen LogP contribution >= 0.6 is 0 Å². The number of hydrogen-bond donors (Lipinski definition) is 2. The molecule has 1 aliphatic rings. The Morgan fingerprint density at radius 1 is 1.18 bits per heavy atom. The second kappa shape index (κ2) is 9.65. The van der Waals surface area contributed by atoms with Gasteiger partial charge in [0.05, 0.1) is 37.0 Å². The van der Waals surface area contributed by atoms with E-state index in [9.17, 15) is 21.6 Å². The number of carbonyl (C=O) groups is 1. The van der Waals surface area contributed by atoms with Gasteiger partial charge in [-0.15, -0.1) is 0 Å². The van der Waals surface area contributed by atoms with Crippen molar-refractivity contribution in [3.8, 4) is 5.75 Å². The zero-order valence-electron chi connectivity index (χ0n) is 15.8. The fourth-order valence-electron chi connectivity index (χ4n) is 2.52. The van der Waals surface area contributed by atoms with Crippen molar-refractivity contribution in [1.29, 1.82) is 0 Å². The summed E-state index contributed by atoms with van der Waals surface area (Å²) in [4.78, 5) is 12.1. The molecule has 1 aromatic rings. The highest BCUT2D eigenvalue weighted by Gasteiger charge is 2.25. The molecule has 0 bridgehead atoms. The maximum atomic E-state index is 12.3. The second-order valence-electron chi connectivity index (χ2n) is 6.14. The van der Waals surface area contributed by atoms with Crippen molar-refractivity contribution in [3.63, 3.8) is 0 Å². The number of nitrogens with zero attached hydrogens (tertiary/aromatic N) is 1. The van der Waals surface area contributed by atoms with Crippen molar-refractivity contribution in [3.05, 3.63) is 24.3 Å². The standard InChI is InChI=1S/C16H25N3O7S2/c1-13(18-28(23,24)15-5-3-14(25-2)4-6-15)16(20)17-7-12-27(21,22)19-8-10-26-11-9-19/h3-6,13,18H,7-12H2,1-2H3,(H,17,20)/t13-/m0/s1. The quantitative estimate of drug-likeness (QED) is 0.516. The fraction of sp³-hybridized carbons (Fsp3) is 0.562. The molecular weight excluding hydrogens is 410 g/mol. The lowest BCUT2D eigenvalue weighted by molar-refractivity contribution is -0.122. The number of ether oxygens (including phenoxy) is 2. The number of carbonyl (C=O) groups excluding carboxylic acids is 1. The largest absolute Gasteiger partial charge is 0.497 e. The molecule has 2 N–H and O–H groups in total. The summed E-state index contributed by atoms with van der Waals surface area (Å²) in [5.41, 5.74) is 0. The first-order valence-corrected chi connectivity index (χ1v) is 11.7. The van der Waals surface area contributed by atoms with E-state index < -0.39 is 32.0 Å². The first-order chi connectivity index (χ1) is 13.2. The molecule has 1 saturated heterocycles. The molecule has 10 nitrogen and oxygen atoms in total. The van der Waals surface area contributed by atoms with Crippen LogP contribution in [0.3, 0.4) is 0 Å². The van der Waals surface area contributed by atoms with Gasteiger partial charge in [0.15, 0.2) is 0 Å². The summed E-state index contributed by atoms with van der Waals surface area (Å²) < 4.78 is 62.8. The number of methoxy groups -OCH3 is 1. The zero-order chi connectivity index (χ0) is 20.8. The smallest absolute Gasteiger partial charge is 0.241 e. The molecule has 1 atom stereocenters. The summed E-state index contributed by atoms with van der Waals surface area (Å²) in [7, 11) is -5.94. The third-order valence-corrected chi connectivity index (χ3v) is 7.55. The number of morpholine rings is 1. The van der Waals surface area contributed by atoms with Crippen LogP contribution in [-0.4, -0.2) is 78.8 Å². The van der Waals surface area contributed by atoms with Crippen LogP contribution < -0.4 is 14.8 Å². The Bertz CT molecular complexity index is 864. The Morgan fingerprint density at radius 2 is 1.79 bits per heavy atom. The van der Waals surface area contributed by atoms with Crippen molar-refractivity contribution in [2.45, 2.75) is 17.9 Å². The molecule has 158 valence electrons. The summed E-state index contributed by atoms with van der Waals surface area (Å²) in [5, 5.41) is 2.45. The topological polar surface area (TPSA) is 131 Å². The lowest BCUT2D eigenvalue weighted by atomic mass is 10.3. The number of sulfonamides is 2. The number of amides is 1. The van der Waals surface area contributed by atoms with Crippen molar-refractivity contribution in [1.82, 2.24) is 14.3 Å². The van der Waals surface area contributed by atoms with E-state index in [0.29, 0.717) is 19.0 Å². The fourth-order valence-corrected chi connectivity index (χ4v) is 5.05. The van der Waals surface area contributed by atoms with Crippen LogP contribution in [0.15, 0.2) is 29.2 Å². The monoisotopic (exact) mass is 435 g/mol. The Kier molecular flexibility index (Phi) is 7.78. The highest BCUT2D eigenvalue weighted by Crippen LogP contribution is 2.15. The SMILES string of the molecule is COc1ccc(S(=O)(=O)N[C@@H](C)C(=O)NCCS(=O)(=O)N2CCOCC2)cc1. The molecule has 1 heterocycles. The third-order valence-electron chi connectivity index (χ3n) is 4.12. The molecule has 1 aromatic carbocycles. The summed E-state index contributed by atoms with van der Waals surface area (Å²) >= 11 is 0. The van der Waals surface area contributed by atoms with E-state index in [2.05, 4.69) is 10.0 Å². The Labute approximate surface area is 165 Å². The maximum absolute atomic E-state index is 12.3. The average molecular weight is 436 g/mol. The molecule has 0 aromatic heterocycles. The molecule has 12 heteroatoms. The van der Waals surface area contributed by atoms with E-state index in [1.165, 1.54) is 42.6 Å². The van der Waals surface area contributed by atoms with Gasteiger partial charge >= 0.3 is 0 Å². The molecule has 1 fully saturated rings. The van der Waals surface area contributed by atoms with Crippen molar-refractivity contribution in [2.75, 3.05) is 45.7 Å². The third kappa shape index (κ3) is 6.14. The van der Waals surface area contributed by atoms with Gasteiger partial charge in [-0.25, -0.2) is 16.8 Å². The first kappa shape index (κ1) is 22.6. The minimum atomic E-state index is -3.91. The molecule has 0 radical (unpaired) electrons. The van der Waals surface area contributed by atoms with Gasteiger partial charge in [0.25, 0.3) is 0 Å². The molecule has 0 spiro atoms. The predicted octanol–water partition coefficient (Wildman–Crippen LogP) is -0.860. The molecule has 1 aliphatic heterocycles. The number of hydrogen-bond acceptors (Lipinski definition) is 7. The van der Waals surface area contributed by atoms with Gasteiger partial charge in [0.1, 0.15) is 5.75 Å². The van der Waals surface area contributed by atoms with Crippen LogP contribution in [0, 0.1) is 0 Å². The first-order valence-electron chi connectivity index (χ1n) is 8.65. The Balaban J connectivity index is 1.86. The molecular formula is C16H25N3O7S2. The van der Waals surface area contributed by atoms with Gasteiger partial charge in [-0.2, -0.15) is 9.03 Å². The molecule has 0 saturated carbocycles. The van der Waals surface area contributed by atoms with E-state index >= 15 is 0 Å². The van der Waals surface area contributed by atoms with Gasteiger partial charge in [0.2, 0.25) is 26.0 Å². The number of benzene rings is 1. The van der Waals surface area contributed by atoms with E-state index in [4.69, 9.17) is 9.47 Å². The Hall–Kier alpha value is -1.73. The minimum absolute atomic E-state index is 0.0113. The average Bonchev–Trinajstić information content (AvgIpc) is 2.68. The number of nitrogens with one attached hydrogen (secondary N) is 2. The van der Waals surface area contributed by atoms with Crippen LogP contribution in [0.2, 0.25) is 0 Å². The molecule has 28 heavy (non-hydrogen) atoms. The summed E-state index contributed by atoms with van der Waals surface area (Å²) in [6, 6.07) is 4.64. The van der Waals surface area contributed by atoms with E-state index in [1.807, 2.05) is 0 Å². The van der Waals surface area contributed by atoms with Gasteiger partial charge in [0, 0.05) is 19.6 Å². The minimum Gasteiger partial charge on any atom is -0.497 e. The normalized spacial score (nSPS) is 17.1. The van der Waals surface area contributed by atoms with E-state index in [0.717, 1.165) is 0 Å². The molecule has 0 unspecified atom stereocenters. The maximum Gasteiger partial charge on any atom is 0.241 e. The molecule has 0 aliphatic carbocycles. The van der Waals surface area contributed by atoms with Gasteiger partial charge < -0.3 is 14.8 Å². The molecule has 2 rings (SSSR count). The van der Waals surface area contributed by atoms with E-state index in [-0.39, 0.29) is 30.3 Å². The lowest BCUT2D eigenvalue weighted by Gasteiger charge is -2.26. The zero-order valence-corrected chi connectivity index (χ0v) is 17.4. The van der Waals surface area contributed by atoms with Crippen LogP contribution in [0.4, 0.5) is 0 Å². The van der Waals surface area contributed by atoms with Crippen LogP contribution in [0.25, 0.3) is 0 Å². The van der Waals surface area contributed by atoms with Crippen molar-refractivity contribution in [2.24, 2.45) is 0 Å².